The van der Waals surface area contributed by atoms with Gasteiger partial charge in [-0.3, -0.25) is 9.59 Å². The van der Waals surface area contributed by atoms with Crippen LogP contribution in [-0.4, -0.2) is 175 Å². The Morgan fingerprint density at radius 3 is 0.860 bits per heavy atom. The SMILES string of the molecule is C=CCCCCCCCCOC(O)C(OC(C)=O)C(OC(O)C(OC(=O)c1ccccc1)C(OC(=O)c1ccccc1)C(CCOC(=O)c1ccccc1)OC(=O)c1ccccc1)C(CCOC(O)C(OC(=O)c1ccccc1)C(OC(=O)c1ccccc1)C(CCOC(=O)c1ccccc1)OC(=O)c1ccccc1)OC(C)=O. The topological polar surface area (TPSA) is 351 Å². The predicted molar refractivity (Wildman–Crippen MR) is 410 cm³/mol. The van der Waals surface area contributed by atoms with E-state index in [0.29, 0.717) is 12.8 Å². The van der Waals surface area contributed by atoms with Crippen LogP contribution in [0.5, 0.6) is 0 Å². The number of aliphatic hydroxyl groups is 3. The molecule has 12 unspecified atom stereocenters. The quantitative estimate of drug-likeness (QED) is 0.0105. The van der Waals surface area contributed by atoms with E-state index in [-0.39, 0.29) is 51.1 Å². The fraction of sp³-hybridized carbons (Fsp3) is 0.318. The second-order valence-corrected chi connectivity index (χ2v) is 25.9. The first-order valence-electron chi connectivity index (χ1n) is 37.2. The number of unbranched alkanes of at least 4 members (excludes halogenated alkanes) is 6. The van der Waals surface area contributed by atoms with Gasteiger partial charge in [-0.15, -0.1) is 6.58 Å². The smallest absolute Gasteiger partial charge is 0.338 e. The third-order valence-corrected chi connectivity index (χ3v) is 17.4. The van der Waals surface area contributed by atoms with Crippen LogP contribution in [0.3, 0.4) is 0 Å². The Morgan fingerprint density at radius 1 is 0.281 bits per heavy atom. The van der Waals surface area contributed by atoms with Gasteiger partial charge >= 0.3 is 59.7 Å². The maximum Gasteiger partial charge on any atom is 0.338 e. The van der Waals surface area contributed by atoms with Crippen LogP contribution in [0.4, 0.5) is 0 Å². The Bertz CT molecular complexity index is 4290. The molecule has 0 aliphatic heterocycles. The van der Waals surface area contributed by atoms with Gasteiger partial charge in [0.1, 0.15) is 24.4 Å². The Balaban J connectivity index is 1.24. The number of esters is 10. The summed E-state index contributed by atoms with van der Waals surface area (Å²) >= 11 is 0. The molecule has 8 rings (SSSR count). The molecule has 0 fully saturated rings. The predicted octanol–water partition coefficient (Wildman–Crippen LogP) is 12.4. The monoisotopic (exact) mass is 1560 g/mol. The third-order valence-electron chi connectivity index (χ3n) is 17.4. The largest absolute Gasteiger partial charge is 0.462 e. The number of ether oxygens (including phenoxy) is 13. The van der Waals surface area contributed by atoms with E-state index in [1.54, 1.807) is 72.8 Å². The van der Waals surface area contributed by atoms with Crippen molar-refractivity contribution in [2.75, 3.05) is 26.4 Å². The van der Waals surface area contributed by atoms with Gasteiger partial charge in [0.15, 0.2) is 49.4 Å². The molecule has 0 saturated heterocycles. The Hall–Kier alpha value is -12.0. The molecule has 26 nitrogen and oxygen atoms in total. The first-order valence-corrected chi connectivity index (χ1v) is 37.2. The summed E-state index contributed by atoms with van der Waals surface area (Å²) < 4.78 is 78.9. The molecule has 0 saturated carbocycles. The van der Waals surface area contributed by atoms with E-state index >= 15 is 0 Å². The molecule has 600 valence electrons. The molecule has 0 heterocycles. The number of hydrogen-bond acceptors (Lipinski definition) is 26. The van der Waals surface area contributed by atoms with Gasteiger partial charge < -0.3 is 76.9 Å². The van der Waals surface area contributed by atoms with Gasteiger partial charge in [-0.2, -0.15) is 0 Å². The van der Waals surface area contributed by atoms with Crippen molar-refractivity contribution in [2.24, 2.45) is 0 Å². The van der Waals surface area contributed by atoms with E-state index in [0.717, 1.165) is 46.0 Å². The van der Waals surface area contributed by atoms with Gasteiger partial charge in [0.05, 0.1) is 64.3 Å². The molecule has 3 N–H and O–H groups in total. The highest BCUT2D eigenvalue weighted by molar-refractivity contribution is 5.93. The lowest BCUT2D eigenvalue weighted by molar-refractivity contribution is -0.280. The van der Waals surface area contributed by atoms with Crippen LogP contribution < -0.4 is 0 Å². The van der Waals surface area contributed by atoms with Gasteiger partial charge in [0, 0.05) is 39.7 Å². The Morgan fingerprint density at radius 2 is 0.535 bits per heavy atom. The zero-order valence-corrected chi connectivity index (χ0v) is 62.9. The zero-order chi connectivity index (χ0) is 81.4. The number of carbonyl (C=O) groups is 10. The molecule has 0 bridgehead atoms. The Labute approximate surface area is 659 Å². The number of benzene rings is 8. The number of carbonyl (C=O) groups excluding carboxylic acids is 10. The summed E-state index contributed by atoms with van der Waals surface area (Å²) in [6.07, 6.45) is -21.8. The maximum atomic E-state index is 14.8. The van der Waals surface area contributed by atoms with E-state index in [1.807, 2.05) is 6.08 Å². The number of rotatable bonds is 47. The zero-order valence-electron chi connectivity index (χ0n) is 62.9. The van der Waals surface area contributed by atoms with E-state index in [1.165, 1.54) is 170 Å². The van der Waals surface area contributed by atoms with Crippen LogP contribution in [0, 0.1) is 0 Å². The van der Waals surface area contributed by atoms with Gasteiger partial charge in [-0.1, -0.05) is 177 Å². The average Bonchev–Trinajstić information content (AvgIpc) is 0.817. The van der Waals surface area contributed by atoms with Crippen LogP contribution in [0.2, 0.25) is 0 Å². The lowest BCUT2D eigenvalue weighted by Gasteiger charge is -2.39. The average molecular weight is 1570 g/mol. The molecule has 12 atom stereocenters. The highest BCUT2D eigenvalue weighted by atomic mass is 16.7. The second-order valence-electron chi connectivity index (χ2n) is 25.9. The fourth-order valence-corrected chi connectivity index (χ4v) is 11.7. The molecule has 114 heavy (non-hydrogen) atoms. The first-order chi connectivity index (χ1) is 55.3. The van der Waals surface area contributed by atoms with Crippen molar-refractivity contribution in [1.29, 1.82) is 0 Å². The number of allylic oxidation sites excluding steroid dienone is 1. The van der Waals surface area contributed by atoms with E-state index in [9.17, 15) is 63.3 Å². The van der Waals surface area contributed by atoms with Gasteiger partial charge in [-0.25, -0.2) is 38.4 Å². The summed E-state index contributed by atoms with van der Waals surface area (Å²) in [6.45, 7) is 3.38. The normalized spacial score (nSPS) is 14.2. The molecule has 8 aromatic rings. The molecule has 8 aromatic carbocycles. The van der Waals surface area contributed by atoms with Crippen molar-refractivity contribution in [3.8, 4) is 0 Å². The van der Waals surface area contributed by atoms with Crippen LogP contribution in [0.1, 0.15) is 161 Å². The molecule has 0 aromatic heterocycles. The van der Waals surface area contributed by atoms with Crippen molar-refractivity contribution >= 4 is 59.7 Å². The van der Waals surface area contributed by atoms with E-state index < -0.39 is 173 Å². The van der Waals surface area contributed by atoms with Gasteiger partial charge in [0.25, 0.3) is 0 Å². The summed E-state index contributed by atoms with van der Waals surface area (Å²) in [5, 5.41) is 38.4. The molecule has 0 spiro atoms. The molecule has 0 aliphatic carbocycles. The third kappa shape index (κ3) is 28.6. The lowest BCUT2D eigenvalue weighted by atomic mass is 10.0. The van der Waals surface area contributed by atoms with Crippen LogP contribution in [-0.2, 0) is 71.2 Å². The van der Waals surface area contributed by atoms with Crippen LogP contribution >= 0.6 is 0 Å². The number of aliphatic hydroxyl groups excluding tert-OH is 3. The van der Waals surface area contributed by atoms with Crippen molar-refractivity contribution in [3.63, 3.8) is 0 Å². The number of hydrogen-bond donors (Lipinski definition) is 3. The van der Waals surface area contributed by atoms with Crippen LogP contribution in [0.15, 0.2) is 255 Å². The molecule has 0 amide bonds. The summed E-state index contributed by atoms with van der Waals surface area (Å²) in [7, 11) is 0. The lowest BCUT2D eigenvalue weighted by Crippen LogP contribution is -2.57. The summed E-state index contributed by atoms with van der Waals surface area (Å²) in [6, 6.07) is 59.8. The maximum absolute atomic E-state index is 14.8. The summed E-state index contributed by atoms with van der Waals surface area (Å²) in [5.74, 6) is -10.7. The highest BCUT2D eigenvalue weighted by Crippen LogP contribution is 2.31. The van der Waals surface area contributed by atoms with Crippen molar-refractivity contribution in [3.05, 3.63) is 300 Å². The molecular formula is C88H92O26. The van der Waals surface area contributed by atoms with Gasteiger partial charge in [-0.05, 0) is 116 Å². The van der Waals surface area contributed by atoms with Crippen LogP contribution in [0.25, 0.3) is 0 Å². The minimum Gasteiger partial charge on any atom is -0.462 e. The van der Waals surface area contributed by atoms with Crippen molar-refractivity contribution in [1.82, 2.24) is 0 Å². The summed E-state index contributed by atoms with van der Waals surface area (Å²) in [4.78, 5) is 142. The molecule has 0 aliphatic rings. The first kappa shape index (κ1) is 87.5. The summed E-state index contributed by atoms with van der Waals surface area (Å²) in [5.41, 5.74) is -0.308. The second kappa shape index (κ2) is 47.4. The molecule has 0 radical (unpaired) electrons. The minimum absolute atomic E-state index is 0.0180. The standard InChI is InChI=1S/C88H92O26/c1-4-5-6-7-8-9-10-35-55-102-86(99)75(107-60(3)90)72(112-88(101)77(114-85(98)68-50-33-18-34-51-68)74(111-83(96)66-46-29-16-30-47-66)71(109-81(94)64-42-25-14-26-43-64)54-57-104-79(92)62-38-21-12-22-39-62)69(106-59(2)89)52-58-105-87(100)76(113-84(97)67-48-31-17-32-49-67)73(110-82(95)65-44-27-15-28-45-65)70(108-80(93)63-40-23-13-24-41-63)53-56-103-78(91)61-36-19-11-20-37-61/h4,11-34,36-51,69-77,86-88,99-101H,1,5-10,35,52-58H2,2-3H3. The van der Waals surface area contributed by atoms with Gasteiger partial charge in [0.2, 0.25) is 0 Å². The van der Waals surface area contributed by atoms with Crippen molar-refractivity contribution in [2.45, 2.75) is 152 Å². The minimum atomic E-state index is -2.79. The van der Waals surface area contributed by atoms with E-state index in [4.69, 9.17) is 61.6 Å². The highest BCUT2D eigenvalue weighted by Gasteiger charge is 2.49. The molecule has 26 heteroatoms. The van der Waals surface area contributed by atoms with E-state index in [2.05, 4.69) is 6.58 Å². The fourth-order valence-electron chi connectivity index (χ4n) is 11.7. The molecular weight excluding hydrogens is 1470 g/mol. The Kier molecular flexibility index (Phi) is 36.4. The van der Waals surface area contributed by atoms with Crippen molar-refractivity contribution < 1.29 is 125 Å².